The number of benzene rings is 3. The molecule has 0 bridgehead atoms. The molecule has 0 aliphatic carbocycles. The van der Waals surface area contributed by atoms with Crippen molar-refractivity contribution in [2.24, 2.45) is 5.92 Å². The Morgan fingerprint density at radius 2 is 1.46 bits per heavy atom. The maximum atomic E-state index is 8.54. The first kappa shape index (κ1) is 30.7. The van der Waals surface area contributed by atoms with Gasteiger partial charge in [0.1, 0.15) is 4.64 Å². The summed E-state index contributed by atoms with van der Waals surface area (Å²) in [7, 11) is 0. The van der Waals surface area contributed by atoms with E-state index in [4.69, 9.17) is 31.9 Å². The largest absolute Gasteiger partial charge is 0.392 e. The van der Waals surface area contributed by atoms with E-state index in [0.717, 1.165) is 28.5 Å². The highest BCUT2D eigenvalue weighted by Crippen LogP contribution is 2.43. The van der Waals surface area contributed by atoms with Crippen LogP contribution < -0.4 is 0 Å². The van der Waals surface area contributed by atoms with Crippen molar-refractivity contribution < 1.29 is 19.7 Å². The number of hydrogen-bond donors (Lipinski definition) is 3. The van der Waals surface area contributed by atoms with Crippen LogP contribution in [0.2, 0.25) is 0 Å². The first-order valence-electron chi connectivity index (χ1n) is 13.6. The van der Waals surface area contributed by atoms with Gasteiger partial charge < -0.3 is 24.7 Å². The van der Waals surface area contributed by atoms with Crippen molar-refractivity contribution >= 4 is 34.5 Å². The standard InChI is InChI=1S/C19H20N2O2S2.2C7H8O/c1-12-7-14(9-22-8-13-5-3-2-4-6-13)23-17(12)18-16-15(10-25-18)19(24)21-11-20-16;2*8-6-7-4-2-1-3-5-7/h2-6,10-12,14,17H,7-9H2,1H3,(H,20,21,24);2*1-5,8H,6H2/t12-,14?,17+;;/m0../s1. The lowest BCUT2D eigenvalue weighted by Crippen LogP contribution is -2.14. The molecule has 0 radical (unpaired) electrons. The van der Waals surface area contributed by atoms with Gasteiger partial charge in [0.25, 0.3) is 0 Å². The Labute approximate surface area is 250 Å². The number of aromatic amines is 1. The van der Waals surface area contributed by atoms with Gasteiger partial charge in [0.05, 0.1) is 55.4 Å². The molecule has 1 unspecified atom stereocenters. The molecule has 3 atom stereocenters. The fourth-order valence-corrected chi connectivity index (χ4v) is 6.00. The number of aliphatic hydroxyl groups is 2. The Balaban J connectivity index is 0.000000197. The minimum Gasteiger partial charge on any atom is -0.392 e. The minimum atomic E-state index is 0.0841. The molecule has 6 rings (SSSR count). The van der Waals surface area contributed by atoms with Crippen molar-refractivity contribution in [3.63, 3.8) is 0 Å². The maximum absolute atomic E-state index is 8.54. The monoisotopic (exact) mass is 588 g/mol. The van der Waals surface area contributed by atoms with Crippen LogP contribution in [0.1, 0.15) is 41.0 Å². The summed E-state index contributed by atoms with van der Waals surface area (Å²) < 4.78 is 12.8. The molecular weight excluding hydrogens is 553 g/mol. The maximum Gasteiger partial charge on any atom is 0.138 e. The van der Waals surface area contributed by atoms with Crippen LogP contribution in [0.15, 0.2) is 103 Å². The summed E-state index contributed by atoms with van der Waals surface area (Å²) in [5.41, 5.74) is 4.18. The lowest BCUT2D eigenvalue weighted by atomic mass is 10.0. The van der Waals surface area contributed by atoms with E-state index < -0.39 is 0 Å². The zero-order valence-electron chi connectivity index (χ0n) is 23.1. The van der Waals surface area contributed by atoms with Crippen LogP contribution in [0.3, 0.4) is 0 Å². The van der Waals surface area contributed by atoms with Gasteiger partial charge in [-0.05, 0) is 29.0 Å². The van der Waals surface area contributed by atoms with Gasteiger partial charge >= 0.3 is 0 Å². The predicted octanol–water partition coefficient (Wildman–Crippen LogP) is 7.39. The third-order valence-electron chi connectivity index (χ3n) is 6.66. The van der Waals surface area contributed by atoms with Crippen molar-refractivity contribution in [3.05, 3.63) is 129 Å². The van der Waals surface area contributed by atoms with Crippen LogP contribution in [-0.4, -0.2) is 32.9 Å². The van der Waals surface area contributed by atoms with Gasteiger partial charge in [-0.15, -0.1) is 11.3 Å². The quantitative estimate of drug-likeness (QED) is 0.172. The fourth-order valence-electron chi connectivity index (χ4n) is 4.53. The SMILES string of the molecule is C[C@H]1CC(COCc2ccccc2)O[C@H]1c1scc2c(=S)nc[nH]c12.OCc1ccccc1.OCc1ccccc1. The topological polar surface area (TPSA) is 87.6 Å². The van der Waals surface area contributed by atoms with Crippen molar-refractivity contribution in [1.82, 2.24) is 9.97 Å². The van der Waals surface area contributed by atoms with E-state index in [1.54, 1.807) is 17.7 Å². The Bertz CT molecular complexity index is 1450. The first-order valence-corrected chi connectivity index (χ1v) is 14.9. The zero-order valence-corrected chi connectivity index (χ0v) is 24.7. The Morgan fingerprint density at radius 3 is 2.00 bits per heavy atom. The normalized spacial score (nSPS) is 17.8. The number of ether oxygens (including phenoxy) is 2. The smallest absolute Gasteiger partial charge is 0.138 e. The van der Waals surface area contributed by atoms with E-state index in [1.165, 1.54) is 10.4 Å². The molecule has 8 heteroatoms. The van der Waals surface area contributed by atoms with Crippen LogP contribution in [0.4, 0.5) is 0 Å². The van der Waals surface area contributed by atoms with Crippen LogP contribution in [0.25, 0.3) is 10.9 Å². The molecule has 214 valence electrons. The molecule has 0 spiro atoms. The van der Waals surface area contributed by atoms with E-state index >= 15 is 0 Å². The molecule has 1 fully saturated rings. The van der Waals surface area contributed by atoms with Gasteiger partial charge in [0.15, 0.2) is 0 Å². The lowest BCUT2D eigenvalue weighted by molar-refractivity contribution is -0.0223. The number of nitrogens with zero attached hydrogens (tertiary/aromatic N) is 1. The van der Waals surface area contributed by atoms with Crippen LogP contribution in [0, 0.1) is 10.6 Å². The number of rotatable bonds is 7. The minimum absolute atomic E-state index is 0.0841. The summed E-state index contributed by atoms with van der Waals surface area (Å²) in [6, 6.07) is 29.3. The predicted molar refractivity (Wildman–Crippen MR) is 167 cm³/mol. The van der Waals surface area contributed by atoms with E-state index in [9.17, 15) is 0 Å². The Kier molecular flexibility index (Phi) is 12.2. The Morgan fingerprint density at radius 1 is 0.902 bits per heavy atom. The molecule has 2 aromatic heterocycles. The average Bonchev–Trinajstić information content (AvgIpc) is 3.62. The van der Waals surface area contributed by atoms with Gasteiger partial charge in [0, 0.05) is 10.8 Å². The van der Waals surface area contributed by atoms with Crippen molar-refractivity contribution in [3.8, 4) is 0 Å². The van der Waals surface area contributed by atoms with Crippen molar-refractivity contribution in [2.45, 2.75) is 45.4 Å². The van der Waals surface area contributed by atoms with Gasteiger partial charge in [-0.2, -0.15) is 0 Å². The molecule has 5 aromatic rings. The Hall–Kier alpha value is -3.24. The molecular formula is C33H36N2O4S2. The van der Waals surface area contributed by atoms with Crippen molar-refractivity contribution in [1.29, 1.82) is 0 Å². The molecule has 1 aliphatic rings. The molecule has 1 aliphatic heterocycles. The second-order valence-corrected chi connectivity index (χ2v) is 11.1. The highest BCUT2D eigenvalue weighted by molar-refractivity contribution is 7.71. The summed E-state index contributed by atoms with van der Waals surface area (Å²) in [6.07, 6.45) is 2.89. The highest BCUT2D eigenvalue weighted by Gasteiger charge is 2.35. The number of aliphatic hydroxyl groups excluding tert-OH is 2. The molecule has 3 N–H and O–H groups in total. The van der Waals surface area contributed by atoms with E-state index in [-0.39, 0.29) is 25.4 Å². The number of nitrogens with one attached hydrogen (secondary N) is 1. The molecule has 0 amide bonds. The van der Waals surface area contributed by atoms with Crippen LogP contribution in [0.5, 0.6) is 0 Å². The second kappa shape index (κ2) is 16.3. The van der Waals surface area contributed by atoms with Gasteiger partial charge in [0.2, 0.25) is 0 Å². The van der Waals surface area contributed by atoms with E-state index in [0.29, 0.717) is 23.8 Å². The second-order valence-electron chi connectivity index (χ2n) is 9.78. The van der Waals surface area contributed by atoms with Crippen molar-refractivity contribution in [2.75, 3.05) is 6.61 Å². The third-order valence-corrected chi connectivity index (χ3v) is 8.02. The van der Waals surface area contributed by atoms with E-state index in [1.807, 2.05) is 78.9 Å². The van der Waals surface area contributed by atoms with Gasteiger partial charge in [-0.25, -0.2) is 4.98 Å². The zero-order chi connectivity index (χ0) is 28.9. The van der Waals surface area contributed by atoms with Crippen LogP contribution >= 0.6 is 23.6 Å². The molecule has 3 aromatic carbocycles. The molecule has 3 heterocycles. The molecule has 6 nitrogen and oxygen atoms in total. The number of aromatic nitrogens is 2. The van der Waals surface area contributed by atoms with E-state index in [2.05, 4.69) is 34.4 Å². The summed E-state index contributed by atoms with van der Waals surface area (Å²) >= 11 is 7.01. The fraction of sp³-hybridized carbons (Fsp3) is 0.273. The molecule has 1 saturated heterocycles. The molecule has 0 saturated carbocycles. The lowest BCUT2D eigenvalue weighted by Gasteiger charge is -2.15. The summed E-state index contributed by atoms with van der Waals surface area (Å²) in [6.45, 7) is 3.77. The number of fused-ring (bicyclic) bond motifs is 1. The number of hydrogen-bond acceptors (Lipinski definition) is 7. The summed E-state index contributed by atoms with van der Waals surface area (Å²) in [5.74, 6) is 0.447. The average molecular weight is 589 g/mol. The summed E-state index contributed by atoms with van der Waals surface area (Å²) in [5, 5.41) is 20.2. The first-order chi connectivity index (χ1) is 20.1. The van der Waals surface area contributed by atoms with Gasteiger partial charge in [-0.1, -0.05) is 110 Å². The number of thiophene rings is 1. The highest BCUT2D eigenvalue weighted by atomic mass is 32.1. The molecule has 41 heavy (non-hydrogen) atoms. The number of H-pyrrole nitrogens is 1. The summed E-state index contributed by atoms with van der Waals surface area (Å²) in [4.78, 5) is 8.60. The van der Waals surface area contributed by atoms with Gasteiger partial charge in [-0.3, -0.25) is 0 Å². The van der Waals surface area contributed by atoms with Crippen LogP contribution in [-0.2, 0) is 29.3 Å². The third kappa shape index (κ3) is 9.13.